The first-order chi connectivity index (χ1) is 13.1. The molecule has 0 amide bonds. The molecule has 3 rings (SSSR count). The maximum Gasteiger partial charge on any atom is 0.330 e. The Labute approximate surface area is 158 Å². The molecule has 9 nitrogen and oxygen atoms in total. The smallest absolute Gasteiger partial charge is 0.330 e. The second-order valence-corrected chi connectivity index (χ2v) is 6.09. The molecule has 0 spiro atoms. The number of methoxy groups -OCH3 is 2. The molecule has 0 atom stereocenters. The number of esters is 1. The molecule has 0 N–H and O–H groups in total. The summed E-state index contributed by atoms with van der Waals surface area (Å²) in [7, 11) is 2.96. The number of ether oxygens (including phenoxy) is 3. The molecule has 1 aromatic carbocycles. The fourth-order valence-corrected chi connectivity index (χ4v) is 2.87. The lowest BCUT2D eigenvalue weighted by atomic mass is 10.1. The van der Waals surface area contributed by atoms with E-state index in [2.05, 4.69) is 15.4 Å². The number of Topliss-reactive ketones (excluding diaryl/α,β-unsaturated/α-hetero) is 1. The maximum atomic E-state index is 12.3. The van der Waals surface area contributed by atoms with Gasteiger partial charge in [-0.1, -0.05) is 0 Å². The Balaban J connectivity index is 1.57. The average molecular weight is 388 g/mol. The molecule has 2 heterocycles. The summed E-state index contributed by atoms with van der Waals surface area (Å²) in [5.74, 6) is 0.273. The lowest BCUT2D eigenvalue weighted by molar-refractivity contribution is -0.143. The zero-order chi connectivity index (χ0) is 19.2. The molecule has 0 radical (unpaired) electrons. The quantitative estimate of drug-likeness (QED) is 0.425. The van der Waals surface area contributed by atoms with E-state index in [1.807, 2.05) is 16.8 Å². The number of aromatic nitrogens is 4. The van der Waals surface area contributed by atoms with Crippen LogP contribution in [-0.2, 0) is 16.1 Å². The van der Waals surface area contributed by atoms with Crippen LogP contribution in [0.2, 0.25) is 0 Å². The molecule has 0 saturated carbocycles. The molecule has 3 aromatic rings. The van der Waals surface area contributed by atoms with Crippen molar-refractivity contribution in [1.82, 2.24) is 20.2 Å². The number of hydrogen-bond acceptors (Lipinski definition) is 9. The van der Waals surface area contributed by atoms with Crippen molar-refractivity contribution in [2.45, 2.75) is 6.54 Å². The van der Waals surface area contributed by atoms with Crippen LogP contribution in [-0.4, -0.2) is 52.8 Å². The monoisotopic (exact) mass is 388 g/mol. The Hall–Kier alpha value is -3.27. The van der Waals surface area contributed by atoms with Crippen LogP contribution in [0.5, 0.6) is 11.5 Å². The Kier molecular flexibility index (Phi) is 5.77. The van der Waals surface area contributed by atoms with Gasteiger partial charge in [0.25, 0.3) is 0 Å². The minimum absolute atomic E-state index is 0.246. The third-order valence-electron chi connectivity index (χ3n) is 3.58. The Morgan fingerprint density at radius 1 is 1.19 bits per heavy atom. The van der Waals surface area contributed by atoms with Gasteiger partial charge in [0.15, 0.2) is 13.2 Å². The van der Waals surface area contributed by atoms with Crippen LogP contribution in [0, 0.1) is 0 Å². The van der Waals surface area contributed by atoms with Crippen LogP contribution in [0.15, 0.2) is 35.0 Å². The number of tetrazole rings is 1. The number of carbonyl (C=O) groups is 2. The molecule has 0 aliphatic rings. The minimum atomic E-state index is -0.648. The van der Waals surface area contributed by atoms with Gasteiger partial charge in [0.05, 0.1) is 19.8 Å². The molecule has 0 aliphatic carbocycles. The number of thiophene rings is 1. The molecular formula is C17H16N4O5S. The van der Waals surface area contributed by atoms with Gasteiger partial charge >= 0.3 is 5.97 Å². The van der Waals surface area contributed by atoms with Crippen molar-refractivity contribution in [3.8, 4) is 22.9 Å². The maximum absolute atomic E-state index is 12.3. The molecule has 140 valence electrons. The van der Waals surface area contributed by atoms with Gasteiger partial charge in [-0.2, -0.15) is 16.1 Å². The lowest BCUT2D eigenvalue weighted by Gasteiger charge is -2.09. The van der Waals surface area contributed by atoms with E-state index in [0.717, 1.165) is 10.4 Å². The van der Waals surface area contributed by atoms with Crippen molar-refractivity contribution >= 4 is 23.1 Å². The van der Waals surface area contributed by atoms with Crippen molar-refractivity contribution in [3.05, 3.63) is 40.6 Å². The highest BCUT2D eigenvalue weighted by atomic mass is 32.1. The average Bonchev–Trinajstić information content (AvgIpc) is 3.37. The van der Waals surface area contributed by atoms with Crippen LogP contribution in [0.25, 0.3) is 11.4 Å². The lowest BCUT2D eigenvalue weighted by Crippen LogP contribution is -2.20. The molecule has 0 saturated heterocycles. The van der Waals surface area contributed by atoms with Crippen molar-refractivity contribution in [3.63, 3.8) is 0 Å². The van der Waals surface area contributed by atoms with E-state index in [4.69, 9.17) is 14.2 Å². The van der Waals surface area contributed by atoms with E-state index in [1.165, 1.54) is 25.6 Å². The van der Waals surface area contributed by atoms with E-state index in [0.29, 0.717) is 22.9 Å². The summed E-state index contributed by atoms with van der Waals surface area (Å²) in [5, 5.41) is 15.6. The summed E-state index contributed by atoms with van der Waals surface area (Å²) < 4.78 is 15.3. The molecule has 27 heavy (non-hydrogen) atoms. The fourth-order valence-electron chi connectivity index (χ4n) is 2.23. The summed E-state index contributed by atoms with van der Waals surface area (Å²) in [5.41, 5.74) is 1.12. The second-order valence-electron chi connectivity index (χ2n) is 5.31. The minimum Gasteiger partial charge on any atom is -0.497 e. The van der Waals surface area contributed by atoms with E-state index >= 15 is 0 Å². The first-order valence-electron chi connectivity index (χ1n) is 7.82. The van der Waals surface area contributed by atoms with Gasteiger partial charge in [-0.15, -0.1) is 10.2 Å². The number of benzene rings is 1. The Bertz CT molecular complexity index is 939. The van der Waals surface area contributed by atoms with Gasteiger partial charge in [0.2, 0.25) is 11.6 Å². The third kappa shape index (κ3) is 4.47. The van der Waals surface area contributed by atoms with Gasteiger partial charge in [-0.25, -0.2) is 4.79 Å². The first-order valence-corrected chi connectivity index (χ1v) is 8.76. The zero-order valence-corrected chi connectivity index (χ0v) is 15.4. The van der Waals surface area contributed by atoms with Crippen LogP contribution >= 0.6 is 11.3 Å². The van der Waals surface area contributed by atoms with E-state index in [9.17, 15) is 9.59 Å². The predicted molar refractivity (Wildman–Crippen MR) is 96.0 cm³/mol. The number of nitrogens with zero attached hydrogens (tertiary/aromatic N) is 4. The molecule has 0 fully saturated rings. The van der Waals surface area contributed by atoms with Gasteiger partial charge in [0.1, 0.15) is 11.5 Å². The van der Waals surface area contributed by atoms with Crippen LogP contribution in [0.4, 0.5) is 0 Å². The summed E-state index contributed by atoms with van der Waals surface area (Å²) >= 11 is 1.51. The number of carbonyl (C=O) groups excluding carboxylic acids is 2. The van der Waals surface area contributed by atoms with Crippen molar-refractivity contribution in [2.75, 3.05) is 20.8 Å². The largest absolute Gasteiger partial charge is 0.497 e. The topological polar surface area (TPSA) is 105 Å². The summed E-state index contributed by atoms with van der Waals surface area (Å²) in [6.07, 6.45) is 0. The van der Waals surface area contributed by atoms with E-state index < -0.39 is 18.4 Å². The zero-order valence-electron chi connectivity index (χ0n) is 14.6. The number of hydrogen-bond donors (Lipinski definition) is 0. The molecule has 0 aliphatic heterocycles. The van der Waals surface area contributed by atoms with Gasteiger partial charge < -0.3 is 14.2 Å². The molecule has 0 unspecified atom stereocenters. The van der Waals surface area contributed by atoms with Gasteiger partial charge in [0, 0.05) is 17.0 Å². The number of rotatable bonds is 8. The Morgan fingerprint density at radius 2 is 2.04 bits per heavy atom. The second kappa shape index (κ2) is 8.41. The Morgan fingerprint density at radius 3 is 2.74 bits per heavy atom. The molecule has 2 aromatic heterocycles. The van der Waals surface area contributed by atoms with E-state index in [-0.39, 0.29) is 6.54 Å². The molecular weight excluding hydrogens is 372 g/mol. The van der Waals surface area contributed by atoms with Crippen molar-refractivity contribution in [1.29, 1.82) is 0 Å². The van der Waals surface area contributed by atoms with Gasteiger partial charge in [-0.3, -0.25) is 4.79 Å². The summed E-state index contributed by atoms with van der Waals surface area (Å²) in [4.78, 5) is 25.4. The normalized spacial score (nSPS) is 10.4. The van der Waals surface area contributed by atoms with Gasteiger partial charge in [-0.05, 0) is 28.8 Å². The molecule has 10 heteroatoms. The highest BCUT2D eigenvalue weighted by molar-refractivity contribution is 7.08. The first kappa shape index (κ1) is 18.5. The van der Waals surface area contributed by atoms with Crippen molar-refractivity contribution < 1.29 is 23.8 Å². The predicted octanol–water partition coefficient (Wildman–Crippen LogP) is 1.84. The van der Waals surface area contributed by atoms with E-state index in [1.54, 1.807) is 18.2 Å². The SMILES string of the molecule is COc1ccc(C(=O)COC(=O)Cn2nnc(-c3ccsc3)n2)c(OC)c1. The third-order valence-corrected chi connectivity index (χ3v) is 4.26. The standard InChI is InChI=1S/C17H16N4O5S/c1-24-12-3-4-13(15(7-12)25-2)14(22)9-26-16(23)8-21-19-17(18-20-21)11-5-6-27-10-11/h3-7,10H,8-9H2,1-2H3. The molecule has 0 bridgehead atoms. The summed E-state index contributed by atoms with van der Waals surface area (Å²) in [6.45, 7) is -0.669. The number of ketones is 1. The van der Waals surface area contributed by atoms with Crippen LogP contribution < -0.4 is 9.47 Å². The van der Waals surface area contributed by atoms with Crippen LogP contribution in [0.3, 0.4) is 0 Å². The highest BCUT2D eigenvalue weighted by Crippen LogP contribution is 2.25. The fraction of sp³-hybridized carbons (Fsp3) is 0.235. The highest BCUT2D eigenvalue weighted by Gasteiger charge is 2.16. The van der Waals surface area contributed by atoms with Crippen molar-refractivity contribution in [2.24, 2.45) is 0 Å². The van der Waals surface area contributed by atoms with Crippen LogP contribution in [0.1, 0.15) is 10.4 Å². The summed E-state index contributed by atoms with van der Waals surface area (Å²) in [6, 6.07) is 6.62.